The summed E-state index contributed by atoms with van der Waals surface area (Å²) in [6.07, 6.45) is 1.46. The van der Waals surface area contributed by atoms with Gasteiger partial charge in [0.15, 0.2) is 17.5 Å². The molecule has 0 saturated heterocycles. The van der Waals surface area contributed by atoms with Crippen LogP contribution in [0.1, 0.15) is 18.3 Å². The van der Waals surface area contributed by atoms with Crippen LogP contribution in [0.25, 0.3) is 0 Å². The molecule has 2 aromatic rings. The predicted molar refractivity (Wildman–Crippen MR) is 91.9 cm³/mol. The SMILES string of the molecule is CCNC(=NCc1cc2c(cc1OC(F)F)OCO2)NCc1ncnn1C. The van der Waals surface area contributed by atoms with Crippen molar-refractivity contribution in [2.45, 2.75) is 26.6 Å². The molecule has 0 bridgehead atoms. The normalized spacial score (nSPS) is 13.1. The number of nitrogens with zero attached hydrogens (tertiary/aromatic N) is 4. The molecule has 0 unspecified atom stereocenters. The highest BCUT2D eigenvalue weighted by Crippen LogP contribution is 2.38. The Kier molecular flexibility index (Phi) is 5.89. The van der Waals surface area contributed by atoms with Gasteiger partial charge in [0.1, 0.15) is 17.9 Å². The molecular weight excluding hydrogens is 362 g/mol. The summed E-state index contributed by atoms with van der Waals surface area (Å²) in [6.45, 7) is 0.155. The van der Waals surface area contributed by atoms with Crippen molar-refractivity contribution in [3.05, 3.63) is 29.8 Å². The number of nitrogens with one attached hydrogen (secondary N) is 2. The Morgan fingerprint density at radius 2 is 2.11 bits per heavy atom. The number of benzene rings is 1. The van der Waals surface area contributed by atoms with Crippen molar-refractivity contribution in [2.24, 2.45) is 12.0 Å². The van der Waals surface area contributed by atoms with Crippen molar-refractivity contribution in [3.63, 3.8) is 0 Å². The number of aryl methyl sites for hydroxylation is 1. The van der Waals surface area contributed by atoms with Crippen LogP contribution < -0.4 is 24.8 Å². The molecule has 2 heterocycles. The van der Waals surface area contributed by atoms with Gasteiger partial charge in [0, 0.05) is 25.2 Å². The summed E-state index contributed by atoms with van der Waals surface area (Å²) in [5, 5.41) is 10.2. The highest BCUT2D eigenvalue weighted by molar-refractivity contribution is 5.79. The fourth-order valence-corrected chi connectivity index (χ4v) is 2.44. The average molecular weight is 382 g/mol. The molecule has 0 saturated carbocycles. The third-order valence-electron chi connectivity index (χ3n) is 3.74. The summed E-state index contributed by atoms with van der Waals surface area (Å²) < 4.78 is 42.2. The van der Waals surface area contributed by atoms with Crippen molar-refractivity contribution in [2.75, 3.05) is 13.3 Å². The molecule has 0 amide bonds. The van der Waals surface area contributed by atoms with E-state index < -0.39 is 6.61 Å². The lowest BCUT2D eigenvalue weighted by Gasteiger charge is -2.13. The van der Waals surface area contributed by atoms with E-state index in [1.807, 2.05) is 6.92 Å². The van der Waals surface area contributed by atoms with Crippen molar-refractivity contribution in [1.82, 2.24) is 25.4 Å². The second-order valence-corrected chi connectivity index (χ2v) is 5.54. The summed E-state index contributed by atoms with van der Waals surface area (Å²) in [4.78, 5) is 8.55. The molecule has 1 aliphatic heterocycles. The number of rotatable bonds is 7. The van der Waals surface area contributed by atoms with E-state index in [-0.39, 0.29) is 19.1 Å². The smallest absolute Gasteiger partial charge is 0.387 e. The number of halogens is 2. The van der Waals surface area contributed by atoms with Crippen molar-refractivity contribution in [3.8, 4) is 17.2 Å². The van der Waals surface area contributed by atoms with Crippen LogP contribution in [0, 0.1) is 0 Å². The van der Waals surface area contributed by atoms with E-state index in [2.05, 4.69) is 30.4 Å². The Balaban J connectivity index is 1.75. The van der Waals surface area contributed by atoms with Gasteiger partial charge in [0.2, 0.25) is 6.79 Å². The number of aromatic nitrogens is 3. The van der Waals surface area contributed by atoms with Gasteiger partial charge in [0.05, 0.1) is 13.1 Å². The first-order valence-electron chi connectivity index (χ1n) is 8.29. The third-order valence-corrected chi connectivity index (χ3v) is 3.74. The maximum Gasteiger partial charge on any atom is 0.387 e. The molecule has 11 heteroatoms. The summed E-state index contributed by atoms with van der Waals surface area (Å²) in [5.74, 6) is 2.07. The molecule has 1 aromatic heterocycles. The molecule has 0 atom stereocenters. The molecule has 1 aliphatic rings. The molecule has 27 heavy (non-hydrogen) atoms. The van der Waals surface area contributed by atoms with Crippen LogP contribution in [0.2, 0.25) is 0 Å². The van der Waals surface area contributed by atoms with E-state index in [4.69, 9.17) is 9.47 Å². The van der Waals surface area contributed by atoms with Crippen LogP contribution in [-0.4, -0.2) is 40.7 Å². The lowest BCUT2D eigenvalue weighted by molar-refractivity contribution is -0.0505. The van der Waals surface area contributed by atoms with Gasteiger partial charge in [0.25, 0.3) is 0 Å². The molecule has 0 fully saturated rings. The number of fused-ring (bicyclic) bond motifs is 1. The van der Waals surface area contributed by atoms with Gasteiger partial charge in [-0.3, -0.25) is 4.68 Å². The van der Waals surface area contributed by atoms with Gasteiger partial charge in [-0.15, -0.1) is 0 Å². The van der Waals surface area contributed by atoms with Gasteiger partial charge < -0.3 is 24.8 Å². The zero-order valence-electron chi connectivity index (χ0n) is 14.9. The fraction of sp³-hybridized carbons (Fsp3) is 0.438. The topological polar surface area (TPSA) is 94.8 Å². The molecule has 0 radical (unpaired) electrons. The first-order valence-corrected chi connectivity index (χ1v) is 8.29. The number of ether oxygens (including phenoxy) is 3. The molecule has 146 valence electrons. The van der Waals surface area contributed by atoms with Gasteiger partial charge in [-0.05, 0) is 13.0 Å². The summed E-state index contributed by atoms with van der Waals surface area (Å²) in [6, 6.07) is 2.98. The van der Waals surface area contributed by atoms with Gasteiger partial charge in [-0.1, -0.05) is 0 Å². The highest BCUT2D eigenvalue weighted by atomic mass is 19.3. The Bertz CT molecular complexity index is 811. The second kappa shape index (κ2) is 8.52. The van der Waals surface area contributed by atoms with Crippen LogP contribution in [0.5, 0.6) is 17.2 Å². The van der Waals surface area contributed by atoms with Crippen LogP contribution >= 0.6 is 0 Å². The van der Waals surface area contributed by atoms with Gasteiger partial charge in [-0.2, -0.15) is 13.9 Å². The fourth-order valence-electron chi connectivity index (χ4n) is 2.44. The molecule has 3 rings (SSSR count). The minimum absolute atomic E-state index is 0.00199. The molecule has 0 spiro atoms. The number of hydrogen-bond acceptors (Lipinski definition) is 6. The van der Waals surface area contributed by atoms with Crippen LogP contribution in [0.15, 0.2) is 23.5 Å². The van der Waals surface area contributed by atoms with E-state index in [1.54, 1.807) is 17.8 Å². The summed E-state index contributed by atoms with van der Waals surface area (Å²) >= 11 is 0. The second-order valence-electron chi connectivity index (χ2n) is 5.54. The lowest BCUT2D eigenvalue weighted by atomic mass is 10.1. The zero-order chi connectivity index (χ0) is 19.2. The third kappa shape index (κ3) is 4.74. The Labute approximate surface area is 154 Å². The van der Waals surface area contributed by atoms with Crippen molar-refractivity contribution in [1.29, 1.82) is 0 Å². The van der Waals surface area contributed by atoms with Crippen LogP contribution in [-0.2, 0) is 20.1 Å². The van der Waals surface area contributed by atoms with E-state index in [1.165, 1.54) is 12.4 Å². The lowest BCUT2D eigenvalue weighted by Crippen LogP contribution is -2.37. The van der Waals surface area contributed by atoms with Crippen LogP contribution in [0.4, 0.5) is 8.78 Å². The van der Waals surface area contributed by atoms with Crippen molar-refractivity contribution >= 4 is 5.96 Å². The van der Waals surface area contributed by atoms with Gasteiger partial charge >= 0.3 is 6.61 Å². The summed E-state index contributed by atoms with van der Waals surface area (Å²) in [7, 11) is 1.79. The first kappa shape index (κ1) is 18.7. The van der Waals surface area contributed by atoms with E-state index in [0.717, 1.165) is 5.82 Å². The quantitative estimate of drug-likeness (QED) is 0.552. The number of alkyl halides is 2. The molecular formula is C16H20F2N6O3. The van der Waals surface area contributed by atoms with Gasteiger partial charge in [-0.25, -0.2) is 9.98 Å². The Morgan fingerprint density at radius 1 is 1.33 bits per heavy atom. The Morgan fingerprint density at radius 3 is 2.78 bits per heavy atom. The zero-order valence-corrected chi connectivity index (χ0v) is 14.9. The molecule has 9 nitrogen and oxygen atoms in total. The number of hydrogen-bond donors (Lipinski definition) is 2. The van der Waals surface area contributed by atoms with E-state index >= 15 is 0 Å². The number of aliphatic imine (C=N–C) groups is 1. The predicted octanol–water partition coefficient (Wildman–Crippen LogP) is 1.40. The average Bonchev–Trinajstić information content (AvgIpc) is 3.25. The molecule has 1 aromatic carbocycles. The van der Waals surface area contributed by atoms with Crippen LogP contribution in [0.3, 0.4) is 0 Å². The maximum atomic E-state index is 12.7. The minimum Gasteiger partial charge on any atom is -0.454 e. The minimum atomic E-state index is -2.95. The Hall–Kier alpha value is -3.11. The number of guanidine groups is 1. The van der Waals surface area contributed by atoms with E-state index in [0.29, 0.717) is 36.1 Å². The molecule has 2 N–H and O–H groups in total. The monoisotopic (exact) mass is 382 g/mol. The molecule has 0 aliphatic carbocycles. The van der Waals surface area contributed by atoms with E-state index in [9.17, 15) is 8.78 Å². The maximum absolute atomic E-state index is 12.7. The highest BCUT2D eigenvalue weighted by Gasteiger charge is 2.20. The van der Waals surface area contributed by atoms with Crippen molar-refractivity contribution < 1.29 is 23.0 Å². The summed E-state index contributed by atoms with van der Waals surface area (Å²) in [5.41, 5.74) is 0.454. The standard InChI is InChI=1S/C16H20F2N6O3/c1-3-19-16(21-7-14-22-8-23-24(14)2)20-6-10-4-12-13(26-9-25-12)5-11(10)27-15(17)18/h4-5,8,15H,3,6-7,9H2,1-2H3,(H2,19,20,21). The first-order chi connectivity index (χ1) is 13.1. The largest absolute Gasteiger partial charge is 0.454 e.